The summed E-state index contributed by atoms with van der Waals surface area (Å²) in [6.07, 6.45) is 5.76. The van der Waals surface area contributed by atoms with E-state index in [1.165, 1.54) is 12.7 Å². The number of aliphatic hydroxyl groups excluding tert-OH is 1. The van der Waals surface area contributed by atoms with Gasteiger partial charge in [0.1, 0.15) is 17.4 Å². The number of anilines is 1. The summed E-state index contributed by atoms with van der Waals surface area (Å²) in [7, 11) is 0. The number of hydrogen-bond acceptors (Lipinski definition) is 7. The highest BCUT2D eigenvalue weighted by atomic mass is 16.5. The maximum absolute atomic E-state index is 9.49. The Labute approximate surface area is 118 Å². The lowest BCUT2D eigenvalue weighted by Crippen LogP contribution is -2.36. The molecular weight excluding hydrogens is 276 g/mol. The molecular formula is C11H12N8O2. The van der Waals surface area contributed by atoms with Crippen molar-refractivity contribution in [2.24, 2.45) is 5.11 Å². The number of fused-ring (bicyclic) bond motifs is 1. The fourth-order valence-electron chi connectivity index (χ4n) is 2.16. The molecule has 0 unspecified atom stereocenters. The molecule has 10 heteroatoms. The number of rotatable bonds is 4. The van der Waals surface area contributed by atoms with Crippen molar-refractivity contribution in [3.63, 3.8) is 0 Å². The highest BCUT2D eigenvalue weighted by Gasteiger charge is 2.36. The number of aromatic nitrogens is 4. The Balaban J connectivity index is 1.93. The van der Waals surface area contributed by atoms with Gasteiger partial charge >= 0.3 is 0 Å². The number of nitrogens with zero attached hydrogens (tertiary/aromatic N) is 7. The van der Waals surface area contributed by atoms with Crippen molar-refractivity contribution in [3.8, 4) is 0 Å². The first-order valence-corrected chi connectivity index (χ1v) is 6.11. The molecule has 0 saturated heterocycles. The van der Waals surface area contributed by atoms with Crippen LogP contribution in [0.5, 0.6) is 0 Å². The van der Waals surface area contributed by atoms with E-state index in [2.05, 4.69) is 25.0 Å². The van der Waals surface area contributed by atoms with Crippen LogP contribution in [0, 0.1) is 0 Å². The second-order valence-electron chi connectivity index (χ2n) is 4.56. The fraction of sp³-hybridized carbons (Fsp3) is 0.364. The van der Waals surface area contributed by atoms with E-state index in [1.54, 1.807) is 16.7 Å². The summed E-state index contributed by atoms with van der Waals surface area (Å²) >= 11 is 0. The van der Waals surface area contributed by atoms with Gasteiger partial charge in [0.25, 0.3) is 0 Å². The Morgan fingerprint density at radius 3 is 3.14 bits per heavy atom. The smallest absolute Gasteiger partial charge is 0.167 e. The maximum atomic E-state index is 9.49. The molecule has 0 saturated carbocycles. The summed E-state index contributed by atoms with van der Waals surface area (Å²) in [6.45, 7) is -0.306. The van der Waals surface area contributed by atoms with Gasteiger partial charge in [-0.25, -0.2) is 15.0 Å². The maximum Gasteiger partial charge on any atom is 0.167 e. The van der Waals surface area contributed by atoms with Crippen molar-refractivity contribution in [1.29, 1.82) is 0 Å². The largest absolute Gasteiger partial charge is 0.393 e. The van der Waals surface area contributed by atoms with Gasteiger partial charge in [-0.1, -0.05) is 5.11 Å². The average Bonchev–Trinajstić information content (AvgIpc) is 3.10. The van der Waals surface area contributed by atoms with Crippen LogP contribution in [0.15, 0.2) is 29.9 Å². The summed E-state index contributed by atoms with van der Waals surface area (Å²) in [5, 5.41) is 12.9. The first-order valence-electron chi connectivity index (χ1n) is 6.11. The average molecular weight is 288 g/mol. The third-order valence-electron chi connectivity index (χ3n) is 3.25. The first-order chi connectivity index (χ1) is 10.2. The molecule has 2 atom stereocenters. The lowest BCUT2D eigenvalue weighted by atomic mass is 10.1. The molecule has 1 aliphatic rings. The van der Waals surface area contributed by atoms with Crippen molar-refractivity contribution < 1.29 is 9.84 Å². The molecule has 3 heterocycles. The molecule has 3 N–H and O–H groups in total. The number of ether oxygens (including phenoxy) is 1. The number of azide groups is 1. The summed E-state index contributed by atoms with van der Waals surface area (Å²) in [6, 6.07) is 0. The van der Waals surface area contributed by atoms with Crippen LogP contribution in [0.4, 0.5) is 5.82 Å². The Bertz CT molecular complexity index is 750. The van der Waals surface area contributed by atoms with Gasteiger partial charge in [-0.2, -0.15) is 0 Å². The van der Waals surface area contributed by atoms with E-state index in [9.17, 15) is 5.11 Å². The number of imidazole rings is 1. The zero-order valence-electron chi connectivity index (χ0n) is 10.9. The van der Waals surface area contributed by atoms with Gasteiger partial charge in [0, 0.05) is 4.91 Å². The molecule has 0 aromatic carbocycles. The van der Waals surface area contributed by atoms with Crippen molar-refractivity contribution in [3.05, 3.63) is 35.2 Å². The molecule has 10 nitrogen and oxygen atoms in total. The standard InChI is InChI=1S/C11H12N8O2/c12-9-8-10(15-5-14-9)19(6-16-8)7-1-2-11(4-20,21-7)3-17-18-13/h1-2,5-7,20H,3-4H2,(H2,12,14,15)/t7-,11-/m1/s1. The Kier molecular flexibility index (Phi) is 3.18. The van der Waals surface area contributed by atoms with Gasteiger partial charge in [0.05, 0.1) is 19.5 Å². The summed E-state index contributed by atoms with van der Waals surface area (Å²) in [4.78, 5) is 14.8. The molecule has 0 radical (unpaired) electrons. The van der Waals surface area contributed by atoms with Crippen molar-refractivity contribution in [2.45, 2.75) is 11.8 Å². The van der Waals surface area contributed by atoms with Crippen LogP contribution in [0.3, 0.4) is 0 Å². The van der Waals surface area contributed by atoms with E-state index in [0.29, 0.717) is 11.2 Å². The first kappa shape index (κ1) is 13.3. The molecule has 1 aliphatic heterocycles. The topological polar surface area (TPSA) is 148 Å². The number of hydrogen-bond donors (Lipinski definition) is 2. The van der Waals surface area contributed by atoms with Crippen LogP contribution in [-0.4, -0.2) is 43.4 Å². The van der Waals surface area contributed by atoms with Crippen LogP contribution in [-0.2, 0) is 4.74 Å². The Hall–Kier alpha value is -2.68. The van der Waals surface area contributed by atoms with Crippen LogP contribution in [0.1, 0.15) is 6.23 Å². The minimum Gasteiger partial charge on any atom is -0.393 e. The minimum atomic E-state index is -1.04. The second kappa shape index (κ2) is 5.02. The van der Waals surface area contributed by atoms with Crippen LogP contribution in [0.25, 0.3) is 21.6 Å². The predicted molar refractivity (Wildman–Crippen MR) is 72.8 cm³/mol. The zero-order chi connectivity index (χ0) is 14.9. The normalized spacial score (nSPS) is 24.3. The van der Waals surface area contributed by atoms with E-state index in [4.69, 9.17) is 16.0 Å². The Morgan fingerprint density at radius 2 is 2.38 bits per heavy atom. The van der Waals surface area contributed by atoms with Crippen LogP contribution < -0.4 is 5.73 Å². The van der Waals surface area contributed by atoms with E-state index in [1.807, 2.05) is 0 Å². The van der Waals surface area contributed by atoms with E-state index < -0.39 is 11.8 Å². The van der Waals surface area contributed by atoms with Crippen molar-refractivity contribution >= 4 is 17.0 Å². The summed E-state index contributed by atoms with van der Waals surface area (Å²) < 4.78 is 7.45. The van der Waals surface area contributed by atoms with Gasteiger partial charge in [0.2, 0.25) is 0 Å². The highest BCUT2D eigenvalue weighted by molar-refractivity contribution is 5.81. The molecule has 21 heavy (non-hydrogen) atoms. The fourth-order valence-corrected chi connectivity index (χ4v) is 2.16. The van der Waals surface area contributed by atoms with E-state index >= 15 is 0 Å². The van der Waals surface area contributed by atoms with Crippen molar-refractivity contribution in [1.82, 2.24) is 19.5 Å². The monoisotopic (exact) mass is 288 g/mol. The molecule has 0 amide bonds. The predicted octanol–water partition coefficient (Wildman–Crippen LogP) is 0.535. The quantitative estimate of drug-likeness (QED) is 0.363. The second-order valence-corrected chi connectivity index (χ2v) is 4.56. The van der Waals surface area contributed by atoms with Gasteiger partial charge < -0.3 is 15.6 Å². The molecule has 0 bridgehead atoms. The number of nitrogen functional groups attached to an aromatic ring is 1. The molecule has 0 aliphatic carbocycles. The van der Waals surface area contributed by atoms with Gasteiger partial charge in [0.15, 0.2) is 17.7 Å². The zero-order valence-corrected chi connectivity index (χ0v) is 10.9. The third kappa shape index (κ3) is 2.17. The summed E-state index contributed by atoms with van der Waals surface area (Å²) in [5.41, 5.74) is 14.1. The number of nitrogens with two attached hydrogens (primary N) is 1. The van der Waals surface area contributed by atoms with Gasteiger partial charge in [-0.05, 0) is 17.7 Å². The third-order valence-corrected chi connectivity index (χ3v) is 3.25. The molecule has 2 aromatic rings. The molecule has 2 aromatic heterocycles. The molecule has 0 spiro atoms. The van der Waals surface area contributed by atoms with Crippen molar-refractivity contribution in [2.75, 3.05) is 18.9 Å². The van der Waals surface area contributed by atoms with E-state index in [-0.39, 0.29) is 19.0 Å². The van der Waals surface area contributed by atoms with Gasteiger partial charge in [-0.3, -0.25) is 4.57 Å². The van der Waals surface area contributed by atoms with Crippen LogP contribution in [0.2, 0.25) is 0 Å². The Morgan fingerprint density at radius 1 is 1.52 bits per heavy atom. The molecule has 108 valence electrons. The van der Waals surface area contributed by atoms with E-state index in [0.717, 1.165) is 0 Å². The lowest BCUT2D eigenvalue weighted by molar-refractivity contribution is -0.0754. The summed E-state index contributed by atoms with van der Waals surface area (Å²) in [5.74, 6) is 0.281. The SMILES string of the molecule is [N-]=[N+]=NC[C@@]1(CO)C=C[C@H](n2cnc3c(N)ncnc32)O1. The number of aliphatic hydroxyl groups is 1. The van der Waals surface area contributed by atoms with Gasteiger partial charge in [-0.15, -0.1) is 0 Å². The highest BCUT2D eigenvalue weighted by Crippen LogP contribution is 2.32. The minimum absolute atomic E-state index is 0.00322. The lowest BCUT2D eigenvalue weighted by Gasteiger charge is -2.25. The van der Waals surface area contributed by atoms with Crippen LogP contribution >= 0.6 is 0 Å². The molecule has 3 rings (SSSR count). The molecule has 0 fully saturated rings.